The minimum atomic E-state index is -1.36. The van der Waals surface area contributed by atoms with Gasteiger partial charge >= 0.3 is 6.09 Å². The molecule has 3 saturated heterocycles. The van der Waals surface area contributed by atoms with Crippen LogP contribution in [0.25, 0.3) is 0 Å². The predicted octanol–water partition coefficient (Wildman–Crippen LogP) is 1.62. The van der Waals surface area contributed by atoms with Crippen molar-refractivity contribution in [1.82, 2.24) is 15.1 Å². The Kier molecular flexibility index (Phi) is 5.92. The van der Waals surface area contributed by atoms with Gasteiger partial charge in [0.2, 0.25) is 11.9 Å². The van der Waals surface area contributed by atoms with E-state index < -0.39 is 16.9 Å². The van der Waals surface area contributed by atoms with Gasteiger partial charge in [0, 0.05) is 49.6 Å². The topological polar surface area (TPSA) is 93.1 Å². The molecule has 3 aliphatic heterocycles. The summed E-state index contributed by atoms with van der Waals surface area (Å²) in [6.07, 6.45) is -0.685. The van der Waals surface area contributed by atoms with Gasteiger partial charge in [-0.1, -0.05) is 28.4 Å². The Balaban J connectivity index is 1.50. The Bertz CT molecular complexity index is 762. The predicted molar refractivity (Wildman–Crippen MR) is 107 cm³/mol. The van der Waals surface area contributed by atoms with Crippen LogP contribution in [0.5, 0.6) is 0 Å². The molecule has 9 heteroatoms. The zero-order valence-corrected chi connectivity index (χ0v) is 17.1. The van der Waals surface area contributed by atoms with Crippen molar-refractivity contribution < 1.29 is 24.5 Å². The Morgan fingerprint density at radius 2 is 2.03 bits per heavy atom. The number of quaternary nitrogens is 1. The van der Waals surface area contributed by atoms with Crippen molar-refractivity contribution in [2.45, 2.75) is 31.5 Å². The largest absolute Gasteiger partial charge is 0.548 e. The number of hydrogen-bond donors (Lipinski definition) is 3. The molecule has 0 aromatic heterocycles. The van der Waals surface area contributed by atoms with Crippen LogP contribution >= 0.6 is 11.6 Å². The quantitative estimate of drug-likeness (QED) is 0.500. The smallest absolute Gasteiger partial charge is 0.433 e. The van der Waals surface area contributed by atoms with Crippen molar-refractivity contribution in [2.75, 3.05) is 39.4 Å². The molecular weight excluding hydrogens is 396 g/mol. The number of carboxylic acid groups (broad SMARTS) is 1. The van der Waals surface area contributed by atoms with Crippen LogP contribution < -0.4 is 5.32 Å². The van der Waals surface area contributed by atoms with E-state index in [1.54, 1.807) is 0 Å². The normalized spacial score (nSPS) is 33.6. The highest BCUT2D eigenvalue weighted by molar-refractivity contribution is 6.30. The molecule has 29 heavy (non-hydrogen) atoms. The molecule has 3 fully saturated rings. The van der Waals surface area contributed by atoms with E-state index in [9.17, 15) is 19.9 Å². The van der Waals surface area contributed by atoms with Gasteiger partial charge in [-0.25, -0.2) is 10.1 Å². The second-order valence-electron chi connectivity index (χ2n) is 8.34. The van der Waals surface area contributed by atoms with E-state index in [-0.39, 0.29) is 24.3 Å². The summed E-state index contributed by atoms with van der Waals surface area (Å²) >= 11 is 5.93. The molecule has 0 bridgehead atoms. The van der Waals surface area contributed by atoms with Gasteiger partial charge in [-0.2, -0.15) is 4.79 Å². The average molecular weight is 424 g/mol. The monoisotopic (exact) mass is 423 g/mol. The molecule has 0 radical (unpaired) electrons. The Morgan fingerprint density at radius 3 is 2.72 bits per heavy atom. The van der Waals surface area contributed by atoms with E-state index in [0.717, 1.165) is 31.6 Å². The summed E-state index contributed by atoms with van der Waals surface area (Å²) in [4.78, 5) is 29.4. The van der Waals surface area contributed by atoms with Crippen LogP contribution in [0.1, 0.15) is 18.4 Å². The van der Waals surface area contributed by atoms with Crippen molar-refractivity contribution >= 4 is 23.5 Å². The highest BCUT2D eigenvalue weighted by atomic mass is 35.5. The van der Waals surface area contributed by atoms with Crippen LogP contribution in [-0.4, -0.2) is 88.2 Å². The summed E-state index contributed by atoms with van der Waals surface area (Å²) in [6.45, 7) is 3.69. The SMILES string of the molecule is O=C1C(CCc2ccc(Cl)cc2)CC[N@@+](O)(C(=O)O)C1N1CC2CNCCN2C1. The first-order chi connectivity index (χ1) is 13.9. The van der Waals surface area contributed by atoms with Gasteiger partial charge in [-0.15, -0.1) is 0 Å². The number of hydrogen-bond acceptors (Lipinski definition) is 6. The highest BCUT2D eigenvalue weighted by Crippen LogP contribution is 2.33. The zero-order chi connectivity index (χ0) is 20.6. The Morgan fingerprint density at radius 1 is 1.28 bits per heavy atom. The van der Waals surface area contributed by atoms with Crippen molar-refractivity contribution in [3.8, 4) is 0 Å². The number of fused-ring (bicyclic) bond motifs is 1. The molecule has 4 rings (SSSR count). The molecule has 8 nitrogen and oxygen atoms in total. The molecular formula is C20H28ClN4O4+. The second kappa shape index (κ2) is 8.29. The average Bonchev–Trinajstić information content (AvgIpc) is 3.12. The molecule has 158 valence electrons. The summed E-state index contributed by atoms with van der Waals surface area (Å²) < 4.78 is -1.23. The van der Waals surface area contributed by atoms with Gasteiger partial charge in [-0.05, 0) is 30.5 Å². The number of piperidine rings is 1. The number of rotatable bonds is 4. The van der Waals surface area contributed by atoms with Crippen molar-refractivity contribution in [2.24, 2.45) is 5.92 Å². The summed E-state index contributed by atoms with van der Waals surface area (Å²) in [7, 11) is 0. The van der Waals surface area contributed by atoms with E-state index in [1.807, 2.05) is 29.2 Å². The van der Waals surface area contributed by atoms with Gasteiger partial charge in [0.15, 0.2) is 0 Å². The summed E-state index contributed by atoms with van der Waals surface area (Å²) in [6, 6.07) is 7.80. The van der Waals surface area contributed by atoms with E-state index in [4.69, 9.17) is 11.6 Å². The molecule has 1 aromatic rings. The number of amides is 1. The van der Waals surface area contributed by atoms with Gasteiger partial charge < -0.3 is 10.4 Å². The molecule has 0 spiro atoms. The third-order valence-electron chi connectivity index (χ3n) is 6.53. The maximum atomic E-state index is 13.4. The van der Waals surface area contributed by atoms with Crippen LogP contribution in [-0.2, 0) is 11.2 Å². The molecule has 1 aromatic carbocycles. The Labute approximate surface area is 175 Å². The molecule has 3 unspecified atom stereocenters. The van der Waals surface area contributed by atoms with E-state index >= 15 is 0 Å². The number of aryl methyl sites for hydroxylation is 1. The maximum absolute atomic E-state index is 13.4. The third kappa shape index (κ3) is 4.05. The van der Waals surface area contributed by atoms with E-state index in [1.165, 1.54) is 0 Å². The van der Waals surface area contributed by atoms with Crippen LogP contribution in [0, 0.1) is 5.92 Å². The maximum Gasteiger partial charge on any atom is 0.548 e. The number of halogens is 1. The zero-order valence-electron chi connectivity index (χ0n) is 16.3. The standard InChI is InChI=1S/C20H27ClN4O4/c21-16-5-2-14(3-6-16)1-4-15-7-10-25(29,20(27)28)19(18(15)26)24-12-17-11-22-8-9-23(17)13-24/h2-3,5-6,15,17,19,22,29H,1,4,7-13H2/p+1/t15?,17?,19?,25-/m0/s1. The second-order valence-corrected chi connectivity index (χ2v) is 8.78. The van der Waals surface area contributed by atoms with Crippen molar-refractivity contribution in [3.05, 3.63) is 34.9 Å². The number of likely N-dealkylation sites (tertiary alicyclic amines) is 1. The number of nitrogens with one attached hydrogen (secondary N) is 1. The first-order valence-corrected chi connectivity index (χ1v) is 10.6. The number of hydroxylamine groups is 3. The molecule has 4 atom stereocenters. The Hall–Kier alpha value is -1.55. The molecule has 3 heterocycles. The van der Waals surface area contributed by atoms with Gasteiger partial charge in [0.1, 0.15) is 6.54 Å². The summed E-state index contributed by atoms with van der Waals surface area (Å²) in [5.74, 6) is -0.424. The molecule has 0 saturated carbocycles. The number of Topliss-reactive ketones (excluding diaryl/α,β-unsaturated/α-hetero) is 1. The molecule has 0 aliphatic carbocycles. The lowest BCUT2D eigenvalue weighted by Gasteiger charge is -2.41. The van der Waals surface area contributed by atoms with Gasteiger partial charge in [0.25, 0.3) is 0 Å². The number of piperazine rings is 1. The lowest BCUT2D eigenvalue weighted by atomic mass is 9.87. The summed E-state index contributed by atoms with van der Waals surface area (Å²) in [5.41, 5.74) is 1.09. The molecule has 3 N–H and O–H groups in total. The number of benzene rings is 1. The van der Waals surface area contributed by atoms with Gasteiger partial charge in [-0.3, -0.25) is 9.69 Å². The number of nitrogens with zero attached hydrogens (tertiary/aromatic N) is 3. The van der Waals surface area contributed by atoms with Crippen LogP contribution in [0.2, 0.25) is 5.02 Å². The minimum absolute atomic E-state index is 0.0381. The van der Waals surface area contributed by atoms with Gasteiger partial charge in [0.05, 0.1) is 6.67 Å². The number of carbonyl (C=O) groups excluding carboxylic acids is 1. The first kappa shape index (κ1) is 20.7. The number of carbonyl (C=O) groups is 2. The fourth-order valence-corrected chi connectivity index (χ4v) is 5.00. The van der Waals surface area contributed by atoms with Crippen LogP contribution in [0.4, 0.5) is 4.79 Å². The first-order valence-electron chi connectivity index (χ1n) is 10.2. The van der Waals surface area contributed by atoms with Crippen molar-refractivity contribution in [3.63, 3.8) is 0 Å². The molecule has 1 amide bonds. The van der Waals surface area contributed by atoms with Crippen LogP contribution in [0.15, 0.2) is 24.3 Å². The van der Waals surface area contributed by atoms with E-state index in [2.05, 4.69) is 10.2 Å². The highest BCUT2D eigenvalue weighted by Gasteiger charge is 2.58. The lowest BCUT2D eigenvalue weighted by molar-refractivity contribution is -1.06. The fraction of sp³-hybridized carbons (Fsp3) is 0.600. The van der Waals surface area contributed by atoms with Crippen LogP contribution in [0.3, 0.4) is 0 Å². The lowest BCUT2D eigenvalue weighted by Crippen LogP contribution is -2.70. The molecule has 3 aliphatic rings. The third-order valence-corrected chi connectivity index (χ3v) is 6.78. The van der Waals surface area contributed by atoms with E-state index in [0.29, 0.717) is 31.1 Å². The minimum Gasteiger partial charge on any atom is -0.433 e. The number of ketones is 1. The summed E-state index contributed by atoms with van der Waals surface area (Å²) in [5, 5.41) is 24.7. The van der Waals surface area contributed by atoms with Crippen molar-refractivity contribution in [1.29, 1.82) is 0 Å². The fourth-order valence-electron chi connectivity index (χ4n) is 4.88.